The summed E-state index contributed by atoms with van der Waals surface area (Å²) in [6.45, 7) is 5.51. The molecule has 0 bridgehead atoms. The van der Waals surface area contributed by atoms with Gasteiger partial charge in [-0.25, -0.2) is 0 Å². The number of anilines is 1. The number of benzene rings is 3. The maximum Gasteiger partial charge on any atom is 0.161 e. The molecule has 0 aliphatic carbocycles. The van der Waals surface area contributed by atoms with Crippen LogP contribution >= 0.6 is 0 Å². The summed E-state index contributed by atoms with van der Waals surface area (Å²) in [5, 5.41) is 3.45. The van der Waals surface area contributed by atoms with Gasteiger partial charge in [0.15, 0.2) is 11.5 Å². The van der Waals surface area contributed by atoms with Crippen LogP contribution in [0.2, 0.25) is 0 Å². The number of rotatable bonds is 8. The zero-order valence-electron chi connectivity index (χ0n) is 16.3. The molecule has 3 aromatic rings. The lowest BCUT2D eigenvalue weighted by atomic mass is 10.1. The van der Waals surface area contributed by atoms with Crippen LogP contribution in [0.15, 0.2) is 66.7 Å². The summed E-state index contributed by atoms with van der Waals surface area (Å²) in [7, 11) is 1.68. The van der Waals surface area contributed by atoms with E-state index in [2.05, 4.69) is 73.8 Å². The second-order valence-electron chi connectivity index (χ2n) is 6.66. The molecule has 140 valence electrons. The minimum Gasteiger partial charge on any atom is -0.493 e. The van der Waals surface area contributed by atoms with Gasteiger partial charge in [-0.05, 0) is 54.3 Å². The number of aryl methyl sites for hydroxylation is 2. The van der Waals surface area contributed by atoms with E-state index >= 15 is 0 Å². The van der Waals surface area contributed by atoms with E-state index in [1.807, 2.05) is 12.1 Å². The molecule has 0 saturated heterocycles. The Kier molecular flexibility index (Phi) is 6.37. The van der Waals surface area contributed by atoms with Crippen molar-refractivity contribution in [1.82, 2.24) is 0 Å². The van der Waals surface area contributed by atoms with Gasteiger partial charge in [0.1, 0.15) is 6.61 Å². The predicted molar refractivity (Wildman–Crippen MR) is 112 cm³/mol. The fourth-order valence-corrected chi connectivity index (χ4v) is 2.85. The Balaban J connectivity index is 1.61. The summed E-state index contributed by atoms with van der Waals surface area (Å²) in [5.74, 6) is 1.51. The first-order valence-corrected chi connectivity index (χ1v) is 9.36. The first-order valence-electron chi connectivity index (χ1n) is 9.36. The molecule has 0 heterocycles. The highest BCUT2D eigenvalue weighted by atomic mass is 16.5. The van der Waals surface area contributed by atoms with E-state index in [0.717, 1.165) is 41.3 Å². The monoisotopic (exact) mass is 361 g/mol. The fourth-order valence-electron chi connectivity index (χ4n) is 2.85. The first-order chi connectivity index (χ1) is 13.2. The molecule has 0 radical (unpaired) electrons. The van der Waals surface area contributed by atoms with Gasteiger partial charge >= 0.3 is 0 Å². The molecular weight excluding hydrogens is 334 g/mol. The molecule has 3 nitrogen and oxygen atoms in total. The maximum absolute atomic E-state index is 5.95. The quantitative estimate of drug-likeness (QED) is 0.553. The summed E-state index contributed by atoms with van der Waals surface area (Å²) in [4.78, 5) is 0. The van der Waals surface area contributed by atoms with E-state index in [0.29, 0.717) is 6.61 Å². The Hall–Kier alpha value is -2.94. The normalized spacial score (nSPS) is 10.5. The molecule has 0 spiro atoms. The van der Waals surface area contributed by atoms with Gasteiger partial charge in [-0.15, -0.1) is 0 Å². The molecule has 0 unspecified atom stereocenters. The van der Waals surface area contributed by atoms with Gasteiger partial charge in [0.05, 0.1) is 7.11 Å². The third-order valence-corrected chi connectivity index (χ3v) is 4.60. The Morgan fingerprint density at radius 2 is 1.44 bits per heavy atom. The average molecular weight is 361 g/mol. The van der Waals surface area contributed by atoms with E-state index < -0.39 is 0 Å². The van der Waals surface area contributed by atoms with Crippen LogP contribution in [0.5, 0.6) is 11.5 Å². The second kappa shape index (κ2) is 9.13. The van der Waals surface area contributed by atoms with E-state index in [1.165, 1.54) is 11.1 Å². The summed E-state index contributed by atoms with van der Waals surface area (Å²) in [6, 6.07) is 23.0. The van der Waals surface area contributed by atoms with Crippen molar-refractivity contribution in [2.45, 2.75) is 33.4 Å². The van der Waals surface area contributed by atoms with Crippen LogP contribution in [0.1, 0.15) is 29.2 Å². The minimum absolute atomic E-state index is 0.526. The highest BCUT2D eigenvalue weighted by molar-refractivity contribution is 5.47. The summed E-state index contributed by atoms with van der Waals surface area (Å²) in [6.07, 6.45) is 1.06. The van der Waals surface area contributed by atoms with Gasteiger partial charge in [-0.3, -0.25) is 0 Å². The van der Waals surface area contributed by atoms with Gasteiger partial charge in [-0.1, -0.05) is 55.0 Å². The largest absolute Gasteiger partial charge is 0.493 e. The molecule has 0 fully saturated rings. The third-order valence-electron chi connectivity index (χ3n) is 4.60. The van der Waals surface area contributed by atoms with Crippen molar-refractivity contribution in [3.8, 4) is 11.5 Å². The molecule has 0 aliphatic heterocycles. The van der Waals surface area contributed by atoms with Crippen LogP contribution in [0.25, 0.3) is 0 Å². The van der Waals surface area contributed by atoms with E-state index in [1.54, 1.807) is 7.11 Å². The maximum atomic E-state index is 5.95. The van der Waals surface area contributed by atoms with E-state index in [4.69, 9.17) is 9.47 Å². The molecule has 27 heavy (non-hydrogen) atoms. The third kappa shape index (κ3) is 5.27. The second-order valence-corrected chi connectivity index (χ2v) is 6.66. The van der Waals surface area contributed by atoms with Crippen molar-refractivity contribution in [2.75, 3.05) is 12.4 Å². The van der Waals surface area contributed by atoms with Crippen LogP contribution in [-0.2, 0) is 19.6 Å². The number of nitrogens with one attached hydrogen (secondary N) is 1. The van der Waals surface area contributed by atoms with Crippen LogP contribution in [0.3, 0.4) is 0 Å². The predicted octanol–water partition coefficient (Wildman–Crippen LogP) is 5.76. The van der Waals surface area contributed by atoms with Crippen molar-refractivity contribution < 1.29 is 9.47 Å². The molecule has 3 aromatic carbocycles. The average Bonchev–Trinajstić information content (AvgIpc) is 2.72. The van der Waals surface area contributed by atoms with Crippen LogP contribution in [0, 0.1) is 6.92 Å². The highest BCUT2D eigenvalue weighted by Crippen LogP contribution is 2.29. The lowest BCUT2D eigenvalue weighted by Gasteiger charge is -2.13. The van der Waals surface area contributed by atoms with Crippen molar-refractivity contribution in [3.05, 3.63) is 89.0 Å². The number of hydrogen-bond acceptors (Lipinski definition) is 3. The minimum atomic E-state index is 0.526. The molecule has 0 aliphatic rings. The van der Waals surface area contributed by atoms with E-state index in [9.17, 15) is 0 Å². The number of ether oxygens (including phenoxy) is 2. The SMILES string of the molecule is CCc1ccc(NCc2ccc(OCc3ccc(C)cc3)c(OC)c2)cc1. The van der Waals surface area contributed by atoms with Crippen LogP contribution < -0.4 is 14.8 Å². The van der Waals surface area contributed by atoms with E-state index in [-0.39, 0.29) is 0 Å². The fraction of sp³-hybridized carbons (Fsp3) is 0.250. The summed E-state index contributed by atoms with van der Waals surface area (Å²) >= 11 is 0. The van der Waals surface area contributed by atoms with Gasteiger partial charge in [0.2, 0.25) is 0 Å². The molecule has 0 amide bonds. The smallest absolute Gasteiger partial charge is 0.161 e. The molecule has 0 saturated carbocycles. The highest BCUT2D eigenvalue weighted by Gasteiger charge is 2.07. The Morgan fingerprint density at radius 1 is 0.778 bits per heavy atom. The van der Waals surface area contributed by atoms with Crippen molar-refractivity contribution in [2.24, 2.45) is 0 Å². The standard InChI is InChI=1S/C24H27NO2/c1-4-19-9-12-22(13-10-19)25-16-21-11-14-23(24(15-21)26-3)27-17-20-7-5-18(2)6-8-20/h5-15,25H,4,16-17H2,1-3H3. The van der Waals surface area contributed by atoms with Crippen molar-refractivity contribution in [3.63, 3.8) is 0 Å². The summed E-state index contributed by atoms with van der Waals surface area (Å²) in [5.41, 5.74) is 6.00. The first kappa shape index (κ1) is 18.8. The number of methoxy groups -OCH3 is 1. The molecule has 3 heteroatoms. The van der Waals surface area contributed by atoms with Crippen molar-refractivity contribution in [1.29, 1.82) is 0 Å². The number of hydrogen-bond donors (Lipinski definition) is 1. The zero-order chi connectivity index (χ0) is 19.1. The van der Waals surface area contributed by atoms with Gasteiger partial charge in [0.25, 0.3) is 0 Å². The topological polar surface area (TPSA) is 30.5 Å². The molecule has 1 N–H and O–H groups in total. The van der Waals surface area contributed by atoms with Gasteiger partial charge in [0, 0.05) is 12.2 Å². The summed E-state index contributed by atoms with van der Waals surface area (Å²) < 4.78 is 11.5. The molecule has 0 atom stereocenters. The Bertz CT molecular complexity index is 855. The van der Waals surface area contributed by atoms with Crippen molar-refractivity contribution >= 4 is 5.69 Å². The Morgan fingerprint density at radius 3 is 2.11 bits per heavy atom. The van der Waals surface area contributed by atoms with Crippen LogP contribution in [-0.4, -0.2) is 7.11 Å². The molecule has 3 rings (SSSR count). The lowest BCUT2D eigenvalue weighted by Crippen LogP contribution is -2.02. The van der Waals surface area contributed by atoms with Gasteiger partial charge in [-0.2, -0.15) is 0 Å². The Labute approximate surface area is 162 Å². The van der Waals surface area contributed by atoms with Gasteiger partial charge < -0.3 is 14.8 Å². The van der Waals surface area contributed by atoms with Crippen LogP contribution in [0.4, 0.5) is 5.69 Å². The zero-order valence-corrected chi connectivity index (χ0v) is 16.3. The lowest BCUT2D eigenvalue weighted by molar-refractivity contribution is 0.284. The molecular formula is C24H27NO2. The molecule has 0 aromatic heterocycles.